The van der Waals surface area contributed by atoms with Gasteiger partial charge in [-0.2, -0.15) is 0 Å². The molecule has 1 aromatic rings. The lowest BCUT2D eigenvalue weighted by molar-refractivity contribution is -0.147. The van der Waals surface area contributed by atoms with Crippen molar-refractivity contribution in [2.24, 2.45) is 23.2 Å². The second kappa shape index (κ2) is 8.91. The van der Waals surface area contributed by atoms with Gasteiger partial charge in [-0.05, 0) is 68.3 Å². The fourth-order valence-electron chi connectivity index (χ4n) is 6.30. The number of ether oxygens (including phenoxy) is 1. The van der Waals surface area contributed by atoms with E-state index in [1.54, 1.807) is 12.1 Å². The quantitative estimate of drug-likeness (QED) is 0.491. The molecule has 30 heavy (non-hydrogen) atoms. The van der Waals surface area contributed by atoms with Crippen molar-refractivity contribution < 1.29 is 19.1 Å². The van der Waals surface area contributed by atoms with Crippen LogP contribution in [0.5, 0.6) is 0 Å². The molecular weight excluding hydrogens is 378 g/mol. The molecule has 0 saturated heterocycles. The van der Waals surface area contributed by atoms with Crippen molar-refractivity contribution in [2.45, 2.75) is 64.7 Å². The van der Waals surface area contributed by atoms with Gasteiger partial charge in [-0.3, -0.25) is 14.4 Å². The first kappa shape index (κ1) is 21.1. The van der Waals surface area contributed by atoms with Crippen molar-refractivity contribution in [1.82, 2.24) is 5.32 Å². The summed E-state index contributed by atoms with van der Waals surface area (Å²) in [4.78, 5) is 37.1. The zero-order valence-corrected chi connectivity index (χ0v) is 18.0. The summed E-state index contributed by atoms with van der Waals surface area (Å²) in [5.74, 6) is 1.62. The van der Waals surface area contributed by atoms with Crippen LogP contribution in [0.2, 0.25) is 0 Å². The number of hydrogen-bond acceptors (Lipinski definition) is 4. The van der Waals surface area contributed by atoms with Gasteiger partial charge < -0.3 is 10.1 Å². The third kappa shape index (κ3) is 4.60. The Labute approximate surface area is 178 Å². The predicted octanol–water partition coefficient (Wildman–Crippen LogP) is 4.09. The second-order valence-corrected chi connectivity index (χ2v) is 9.73. The standard InChI is InChI=1S/C25H33NO4/c1-2-3-17-4-6-21(7-5-17)22(27)16-30-23(28)8-9-26-24(29)25-13-18-10-19(14-25)12-20(11-18)15-25/h4-7,18-20H,2-3,8-16H2,1H3,(H,26,29). The predicted molar refractivity (Wildman–Crippen MR) is 114 cm³/mol. The van der Waals surface area contributed by atoms with Crippen LogP contribution in [0, 0.1) is 23.2 Å². The third-order valence-electron chi connectivity index (χ3n) is 7.31. The van der Waals surface area contributed by atoms with E-state index in [1.807, 2.05) is 12.1 Å². The highest BCUT2D eigenvalue weighted by molar-refractivity contribution is 5.98. The van der Waals surface area contributed by atoms with Crippen LogP contribution in [0.3, 0.4) is 0 Å². The number of nitrogens with one attached hydrogen (secondary N) is 1. The van der Waals surface area contributed by atoms with Crippen LogP contribution in [0.4, 0.5) is 0 Å². The molecule has 0 spiro atoms. The molecule has 4 bridgehead atoms. The first-order chi connectivity index (χ1) is 14.5. The van der Waals surface area contributed by atoms with Crippen molar-refractivity contribution in [1.29, 1.82) is 0 Å². The molecule has 162 valence electrons. The Bertz CT molecular complexity index is 763. The fraction of sp³-hybridized carbons (Fsp3) is 0.640. The number of carbonyl (C=O) groups excluding carboxylic acids is 3. The van der Waals surface area contributed by atoms with Gasteiger partial charge in [-0.25, -0.2) is 0 Å². The maximum Gasteiger partial charge on any atom is 0.308 e. The Morgan fingerprint density at radius 3 is 2.17 bits per heavy atom. The lowest BCUT2D eigenvalue weighted by atomic mass is 9.49. The number of benzene rings is 1. The summed E-state index contributed by atoms with van der Waals surface area (Å²) in [6.07, 6.45) is 9.09. The van der Waals surface area contributed by atoms with E-state index in [0.29, 0.717) is 23.3 Å². The lowest BCUT2D eigenvalue weighted by Gasteiger charge is -2.55. The molecule has 0 aromatic heterocycles. The lowest BCUT2D eigenvalue weighted by Crippen LogP contribution is -2.53. The summed E-state index contributed by atoms with van der Waals surface area (Å²) in [6.45, 7) is 2.14. The van der Waals surface area contributed by atoms with Crippen molar-refractivity contribution in [3.63, 3.8) is 0 Å². The maximum absolute atomic E-state index is 12.9. The monoisotopic (exact) mass is 411 g/mol. The summed E-state index contributed by atoms with van der Waals surface area (Å²) < 4.78 is 5.13. The molecule has 1 aromatic carbocycles. The molecule has 0 aliphatic heterocycles. The van der Waals surface area contributed by atoms with E-state index in [2.05, 4.69) is 12.2 Å². The largest absolute Gasteiger partial charge is 0.457 e. The van der Waals surface area contributed by atoms with E-state index in [-0.39, 0.29) is 36.7 Å². The Hall–Kier alpha value is -2.17. The van der Waals surface area contributed by atoms with Gasteiger partial charge in [0.25, 0.3) is 0 Å². The van der Waals surface area contributed by atoms with Gasteiger partial charge in [0.1, 0.15) is 0 Å². The molecule has 5 nitrogen and oxygen atoms in total. The molecule has 0 radical (unpaired) electrons. The van der Waals surface area contributed by atoms with Crippen molar-refractivity contribution in [3.05, 3.63) is 35.4 Å². The van der Waals surface area contributed by atoms with Gasteiger partial charge in [0.2, 0.25) is 5.91 Å². The molecule has 1 N–H and O–H groups in total. The smallest absolute Gasteiger partial charge is 0.308 e. The van der Waals surface area contributed by atoms with Crippen LogP contribution in [-0.4, -0.2) is 30.8 Å². The highest BCUT2D eigenvalue weighted by Crippen LogP contribution is 2.60. The van der Waals surface area contributed by atoms with E-state index in [4.69, 9.17) is 4.74 Å². The Kier molecular flexibility index (Phi) is 6.26. The molecule has 0 atom stereocenters. The van der Waals surface area contributed by atoms with Crippen molar-refractivity contribution in [3.8, 4) is 0 Å². The van der Waals surface area contributed by atoms with Crippen LogP contribution in [0.15, 0.2) is 24.3 Å². The van der Waals surface area contributed by atoms with E-state index < -0.39 is 5.97 Å². The topological polar surface area (TPSA) is 72.5 Å². The van der Waals surface area contributed by atoms with Crippen LogP contribution in [0.25, 0.3) is 0 Å². The Morgan fingerprint density at radius 2 is 1.60 bits per heavy atom. The molecule has 4 aliphatic carbocycles. The van der Waals surface area contributed by atoms with Gasteiger partial charge in [0, 0.05) is 17.5 Å². The zero-order chi connectivity index (χ0) is 21.1. The minimum atomic E-state index is -0.447. The van der Waals surface area contributed by atoms with Crippen LogP contribution < -0.4 is 5.32 Å². The van der Waals surface area contributed by atoms with Crippen LogP contribution in [-0.2, 0) is 20.7 Å². The average molecular weight is 412 g/mol. The number of amides is 1. The summed E-state index contributed by atoms with van der Waals surface area (Å²) in [7, 11) is 0. The van der Waals surface area contributed by atoms with Gasteiger partial charge in [0.05, 0.1) is 6.42 Å². The molecular formula is C25H33NO4. The van der Waals surface area contributed by atoms with Crippen molar-refractivity contribution in [2.75, 3.05) is 13.2 Å². The molecule has 5 rings (SSSR count). The normalized spacial score (nSPS) is 28.9. The minimum Gasteiger partial charge on any atom is -0.457 e. The minimum absolute atomic E-state index is 0.0980. The van der Waals surface area contributed by atoms with E-state index in [1.165, 1.54) is 24.8 Å². The number of rotatable bonds is 9. The van der Waals surface area contributed by atoms with Gasteiger partial charge in [-0.15, -0.1) is 0 Å². The number of hydrogen-bond donors (Lipinski definition) is 1. The maximum atomic E-state index is 12.9. The van der Waals surface area contributed by atoms with Gasteiger partial charge >= 0.3 is 5.97 Å². The van der Waals surface area contributed by atoms with Crippen molar-refractivity contribution >= 4 is 17.7 Å². The number of aryl methyl sites for hydroxylation is 1. The third-order valence-corrected chi connectivity index (χ3v) is 7.31. The molecule has 0 unspecified atom stereocenters. The molecule has 5 heteroatoms. The highest BCUT2D eigenvalue weighted by Gasteiger charge is 2.54. The molecule has 4 fully saturated rings. The summed E-state index contributed by atoms with van der Waals surface area (Å²) in [6, 6.07) is 7.46. The Morgan fingerprint density at radius 1 is 1.00 bits per heavy atom. The van der Waals surface area contributed by atoms with Gasteiger partial charge in [0.15, 0.2) is 12.4 Å². The first-order valence-electron chi connectivity index (χ1n) is 11.5. The number of carbonyl (C=O) groups is 3. The first-order valence-corrected chi connectivity index (χ1v) is 11.5. The van der Waals surface area contributed by atoms with E-state index in [9.17, 15) is 14.4 Å². The molecule has 4 saturated carbocycles. The fourth-order valence-corrected chi connectivity index (χ4v) is 6.30. The number of Topliss-reactive ketones (excluding diaryl/α,β-unsaturated/α-hetero) is 1. The summed E-state index contributed by atoms with van der Waals surface area (Å²) in [5.41, 5.74) is 1.55. The Balaban J connectivity index is 1.18. The molecule has 1 amide bonds. The van der Waals surface area contributed by atoms with E-state index >= 15 is 0 Å². The SMILES string of the molecule is CCCc1ccc(C(=O)COC(=O)CCNC(=O)C23CC4CC(CC(C4)C2)C3)cc1. The number of ketones is 1. The summed E-state index contributed by atoms with van der Waals surface area (Å²) >= 11 is 0. The van der Waals surface area contributed by atoms with E-state index in [0.717, 1.165) is 32.1 Å². The second-order valence-electron chi connectivity index (χ2n) is 9.73. The highest BCUT2D eigenvalue weighted by atomic mass is 16.5. The van der Waals surface area contributed by atoms with Crippen LogP contribution >= 0.6 is 0 Å². The van der Waals surface area contributed by atoms with Crippen LogP contribution in [0.1, 0.15) is 74.2 Å². The number of esters is 1. The molecule has 4 aliphatic rings. The zero-order valence-electron chi connectivity index (χ0n) is 18.0. The summed E-state index contributed by atoms with van der Waals surface area (Å²) in [5, 5.41) is 2.98. The molecule has 0 heterocycles. The average Bonchev–Trinajstić information content (AvgIpc) is 2.72. The van der Waals surface area contributed by atoms with Gasteiger partial charge in [-0.1, -0.05) is 37.6 Å².